The molecule has 0 aliphatic heterocycles. The number of rotatable bonds is 7. The summed E-state index contributed by atoms with van der Waals surface area (Å²) >= 11 is 0. The summed E-state index contributed by atoms with van der Waals surface area (Å²) in [5.74, 6) is -1.65. The Bertz CT molecular complexity index is 800. The quantitative estimate of drug-likeness (QED) is 0.580. The Morgan fingerprint density at radius 2 is 1.96 bits per heavy atom. The van der Waals surface area contributed by atoms with Crippen molar-refractivity contribution >= 4 is 17.6 Å². The van der Waals surface area contributed by atoms with E-state index in [9.17, 15) is 24.8 Å². The molecule has 1 aromatic carbocycles. The Morgan fingerprint density at radius 3 is 2.48 bits per heavy atom. The summed E-state index contributed by atoms with van der Waals surface area (Å²) in [5, 5.41) is 26.8. The normalized spacial score (nSPS) is 11.8. The fraction of sp³-hybridized carbons (Fsp3) is 0.312. The number of amides is 1. The van der Waals surface area contributed by atoms with Crippen LogP contribution in [0.1, 0.15) is 29.4 Å². The maximum Gasteiger partial charge on any atom is 0.330 e. The Hall–Kier alpha value is -3.23. The van der Waals surface area contributed by atoms with Gasteiger partial charge in [0.1, 0.15) is 11.4 Å². The number of aromatic nitrogens is 2. The first-order chi connectivity index (χ1) is 11.8. The number of carboxylic acid groups (broad SMARTS) is 1. The molecule has 0 saturated heterocycles. The largest absolute Gasteiger partial charge is 0.479 e. The molecular weight excluding hydrogens is 328 g/mol. The summed E-state index contributed by atoms with van der Waals surface area (Å²) in [7, 11) is 0. The zero-order chi connectivity index (χ0) is 18.6. The number of nitro groups is 1. The molecule has 1 atom stereocenters. The average molecular weight is 346 g/mol. The zero-order valence-electron chi connectivity index (χ0n) is 13.8. The van der Waals surface area contributed by atoms with E-state index in [1.807, 2.05) is 0 Å². The number of benzene rings is 1. The monoisotopic (exact) mass is 346 g/mol. The van der Waals surface area contributed by atoms with Gasteiger partial charge in [0.25, 0.3) is 0 Å². The third-order valence-corrected chi connectivity index (χ3v) is 3.76. The molecular formula is C16H18N4O5. The minimum atomic E-state index is -1.17. The SMILES string of the molecule is Cc1nn(CCC(=O)NC(C(=O)O)c2ccccc2)c(C)c1[N+](=O)[O-]. The van der Waals surface area contributed by atoms with Crippen molar-refractivity contribution in [2.24, 2.45) is 0 Å². The molecule has 0 saturated carbocycles. The van der Waals surface area contributed by atoms with E-state index in [0.717, 1.165) is 0 Å². The van der Waals surface area contributed by atoms with Crippen LogP contribution in [-0.2, 0) is 16.1 Å². The highest BCUT2D eigenvalue weighted by atomic mass is 16.6. The predicted molar refractivity (Wildman–Crippen MR) is 87.9 cm³/mol. The molecule has 0 spiro atoms. The minimum absolute atomic E-state index is 0.0459. The van der Waals surface area contributed by atoms with E-state index in [-0.39, 0.29) is 24.3 Å². The van der Waals surface area contributed by atoms with E-state index in [2.05, 4.69) is 10.4 Å². The second-order valence-corrected chi connectivity index (χ2v) is 5.50. The van der Waals surface area contributed by atoms with Crippen LogP contribution >= 0.6 is 0 Å². The van der Waals surface area contributed by atoms with Crippen molar-refractivity contribution < 1.29 is 19.6 Å². The zero-order valence-corrected chi connectivity index (χ0v) is 13.8. The number of aliphatic carboxylic acids is 1. The Labute approximate surface area is 143 Å². The van der Waals surface area contributed by atoms with Gasteiger partial charge in [-0.2, -0.15) is 5.10 Å². The number of carbonyl (C=O) groups is 2. The lowest BCUT2D eigenvalue weighted by atomic mass is 10.1. The molecule has 2 rings (SSSR count). The minimum Gasteiger partial charge on any atom is -0.479 e. The van der Waals surface area contributed by atoms with Gasteiger partial charge in [-0.15, -0.1) is 0 Å². The topological polar surface area (TPSA) is 127 Å². The van der Waals surface area contributed by atoms with E-state index in [1.54, 1.807) is 37.3 Å². The first-order valence-corrected chi connectivity index (χ1v) is 7.56. The molecule has 0 aliphatic carbocycles. The number of hydrogen-bond donors (Lipinski definition) is 2. The molecule has 2 aromatic rings. The van der Waals surface area contributed by atoms with Gasteiger partial charge < -0.3 is 10.4 Å². The van der Waals surface area contributed by atoms with Crippen LogP contribution < -0.4 is 5.32 Å². The average Bonchev–Trinajstić information content (AvgIpc) is 2.85. The second kappa shape index (κ2) is 7.56. The van der Waals surface area contributed by atoms with Crippen LogP contribution in [0.25, 0.3) is 0 Å². The third kappa shape index (κ3) is 4.19. The van der Waals surface area contributed by atoms with Gasteiger partial charge in [0.05, 0.1) is 11.5 Å². The van der Waals surface area contributed by atoms with E-state index in [4.69, 9.17) is 0 Å². The van der Waals surface area contributed by atoms with Crippen LogP contribution in [0, 0.1) is 24.0 Å². The van der Waals surface area contributed by atoms with Crippen LogP contribution in [0.4, 0.5) is 5.69 Å². The first kappa shape index (κ1) is 18.1. The summed E-state index contributed by atoms with van der Waals surface area (Å²) in [5.41, 5.74) is 1.02. The fourth-order valence-electron chi connectivity index (χ4n) is 2.54. The summed E-state index contributed by atoms with van der Waals surface area (Å²) in [4.78, 5) is 33.9. The van der Waals surface area contributed by atoms with Crippen LogP contribution in [-0.4, -0.2) is 31.7 Å². The van der Waals surface area contributed by atoms with Crippen molar-refractivity contribution in [2.75, 3.05) is 0 Å². The summed E-state index contributed by atoms with van der Waals surface area (Å²) in [6.45, 7) is 3.20. The van der Waals surface area contributed by atoms with E-state index < -0.39 is 22.8 Å². The number of carbonyl (C=O) groups excluding carboxylic acids is 1. The van der Waals surface area contributed by atoms with Crippen LogP contribution in [0.5, 0.6) is 0 Å². The predicted octanol–water partition coefficient (Wildman–Crippen LogP) is 1.74. The lowest BCUT2D eigenvalue weighted by Gasteiger charge is -2.15. The second-order valence-electron chi connectivity index (χ2n) is 5.50. The van der Waals surface area contributed by atoms with Gasteiger partial charge in [-0.05, 0) is 19.4 Å². The maximum absolute atomic E-state index is 12.1. The van der Waals surface area contributed by atoms with Crippen molar-refractivity contribution in [1.29, 1.82) is 0 Å². The molecule has 0 fully saturated rings. The van der Waals surface area contributed by atoms with Gasteiger partial charge in [-0.1, -0.05) is 30.3 Å². The summed E-state index contributed by atoms with van der Waals surface area (Å²) in [6, 6.07) is 7.20. The van der Waals surface area contributed by atoms with Gasteiger partial charge >= 0.3 is 11.7 Å². The molecule has 0 bridgehead atoms. The van der Waals surface area contributed by atoms with Crippen molar-refractivity contribution in [1.82, 2.24) is 15.1 Å². The lowest BCUT2D eigenvalue weighted by Crippen LogP contribution is -2.34. The van der Waals surface area contributed by atoms with Gasteiger partial charge in [-0.3, -0.25) is 19.6 Å². The number of carboxylic acids is 1. The number of nitrogens with one attached hydrogen (secondary N) is 1. The van der Waals surface area contributed by atoms with Gasteiger partial charge in [-0.25, -0.2) is 4.79 Å². The molecule has 9 nitrogen and oxygen atoms in total. The lowest BCUT2D eigenvalue weighted by molar-refractivity contribution is -0.386. The molecule has 9 heteroatoms. The fourth-order valence-corrected chi connectivity index (χ4v) is 2.54. The number of hydrogen-bond acceptors (Lipinski definition) is 5. The van der Waals surface area contributed by atoms with Crippen molar-refractivity contribution in [2.45, 2.75) is 32.9 Å². The van der Waals surface area contributed by atoms with Crippen molar-refractivity contribution in [3.63, 3.8) is 0 Å². The van der Waals surface area contributed by atoms with Crippen LogP contribution in [0.3, 0.4) is 0 Å². The smallest absolute Gasteiger partial charge is 0.330 e. The van der Waals surface area contributed by atoms with Crippen LogP contribution in [0.2, 0.25) is 0 Å². The highest BCUT2D eigenvalue weighted by molar-refractivity contribution is 5.84. The van der Waals surface area contributed by atoms with Crippen molar-refractivity contribution in [3.8, 4) is 0 Å². The first-order valence-electron chi connectivity index (χ1n) is 7.56. The van der Waals surface area contributed by atoms with E-state index >= 15 is 0 Å². The molecule has 1 aromatic heterocycles. The highest BCUT2D eigenvalue weighted by Crippen LogP contribution is 2.22. The third-order valence-electron chi connectivity index (χ3n) is 3.76. The van der Waals surface area contributed by atoms with Gasteiger partial charge in [0.2, 0.25) is 5.91 Å². The van der Waals surface area contributed by atoms with E-state index in [0.29, 0.717) is 11.3 Å². The Kier molecular flexibility index (Phi) is 5.48. The molecule has 1 amide bonds. The standard InChI is InChI=1S/C16H18N4O5/c1-10-15(20(24)25)11(2)19(18-10)9-8-13(21)17-14(16(22)23)12-6-4-3-5-7-12/h3-7,14H,8-9H2,1-2H3,(H,17,21)(H,22,23). The maximum atomic E-state index is 12.1. The molecule has 1 unspecified atom stereocenters. The highest BCUT2D eigenvalue weighted by Gasteiger charge is 2.24. The molecule has 0 aliphatic rings. The molecule has 0 radical (unpaired) electrons. The van der Waals surface area contributed by atoms with E-state index in [1.165, 1.54) is 11.6 Å². The summed E-state index contributed by atoms with van der Waals surface area (Å²) in [6.07, 6.45) is -0.0459. The Morgan fingerprint density at radius 1 is 1.32 bits per heavy atom. The molecule has 132 valence electrons. The molecule has 2 N–H and O–H groups in total. The van der Waals surface area contributed by atoms with Gasteiger partial charge in [0.15, 0.2) is 6.04 Å². The number of nitrogens with zero attached hydrogens (tertiary/aromatic N) is 3. The van der Waals surface area contributed by atoms with Crippen molar-refractivity contribution in [3.05, 3.63) is 57.4 Å². The summed E-state index contributed by atoms with van der Waals surface area (Å²) < 4.78 is 1.38. The molecule has 1 heterocycles. The van der Waals surface area contributed by atoms with Gasteiger partial charge in [0, 0.05) is 6.42 Å². The number of aryl methyl sites for hydroxylation is 2. The Balaban J connectivity index is 2.04. The van der Waals surface area contributed by atoms with Crippen LogP contribution in [0.15, 0.2) is 30.3 Å². The molecule has 25 heavy (non-hydrogen) atoms.